The Balaban J connectivity index is 1.71. The van der Waals surface area contributed by atoms with Crippen LogP contribution in [-0.2, 0) is 34.3 Å². The lowest BCUT2D eigenvalue weighted by atomic mass is 10.1. The summed E-state index contributed by atoms with van der Waals surface area (Å²) in [5.74, 6) is -0.319. The van der Waals surface area contributed by atoms with Gasteiger partial charge in [0, 0.05) is 13.1 Å². The summed E-state index contributed by atoms with van der Waals surface area (Å²) < 4.78 is 26.2. The SMILES string of the molecule is CCc1ccc(N(C(C)C(=O)NCc2ccccc2CN2CCCC2)S(C)(=O)=O)cc1. The topological polar surface area (TPSA) is 69.7 Å². The first-order valence-electron chi connectivity index (χ1n) is 10.9. The lowest BCUT2D eigenvalue weighted by Crippen LogP contribution is -2.47. The summed E-state index contributed by atoms with van der Waals surface area (Å²) in [6, 6.07) is 14.6. The highest BCUT2D eigenvalue weighted by Gasteiger charge is 2.29. The molecule has 168 valence electrons. The third-order valence-electron chi connectivity index (χ3n) is 5.85. The van der Waals surface area contributed by atoms with Gasteiger partial charge in [-0.1, -0.05) is 43.3 Å². The van der Waals surface area contributed by atoms with Crippen molar-refractivity contribution in [2.24, 2.45) is 0 Å². The molecule has 31 heavy (non-hydrogen) atoms. The summed E-state index contributed by atoms with van der Waals surface area (Å²) in [6.45, 7) is 7.14. The van der Waals surface area contributed by atoms with Crippen molar-refractivity contribution in [3.63, 3.8) is 0 Å². The number of benzene rings is 2. The first-order valence-corrected chi connectivity index (χ1v) is 12.8. The fourth-order valence-corrected chi connectivity index (χ4v) is 5.26. The van der Waals surface area contributed by atoms with Crippen molar-refractivity contribution in [3.05, 3.63) is 65.2 Å². The molecule has 3 rings (SSSR count). The predicted octanol–water partition coefficient (Wildman–Crippen LogP) is 3.32. The molecule has 2 aromatic carbocycles. The van der Waals surface area contributed by atoms with Crippen molar-refractivity contribution in [2.75, 3.05) is 23.7 Å². The van der Waals surface area contributed by atoms with Crippen LogP contribution < -0.4 is 9.62 Å². The van der Waals surface area contributed by atoms with Crippen LogP contribution in [0, 0.1) is 0 Å². The molecule has 1 fully saturated rings. The van der Waals surface area contributed by atoms with Gasteiger partial charge in [0.05, 0.1) is 11.9 Å². The third kappa shape index (κ3) is 6.08. The Morgan fingerprint density at radius 1 is 1.06 bits per heavy atom. The number of hydrogen-bond acceptors (Lipinski definition) is 4. The molecule has 0 radical (unpaired) electrons. The number of rotatable bonds is 9. The molecule has 1 aliphatic heterocycles. The van der Waals surface area contributed by atoms with E-state index in [9.17, 15) is 13.2 Å². The third-order valence-corrected chi connectivity index (χ3v) is 7.09. The predicted molar refractivity (Wildman–Crippen MR) is 125 cm³/mol. The molecule has 1 saturated heterocycles. The van der Waals surface area contributed by atoms with Crippen molar-refractivity contribution < 1.29 is 13.2 Å². The highest BCUT2D eigenvalue weighted by atomic mass is 32.2. The number of hydrogen-bond donors (Lipinski definition) is 1. The molecule has 0 bridgehead atoms. The van der Waals surface area contributed by atoms with Gasteiger partial charge in [0.1, 0.15) is 6.04 Å². The summed E-state index contributed by atoms with van der Waals surface area (Å²) in [4.78, 5) is 15.4. The highest BCUT2D eigenvalue weighted by molar-refractivity contribution is 7.92. The maximum absolute atomic E-state index is 12.9. The minimum atomic E-state index is -3.62. The minimum absolute atomic E-state index is 0.319. The van der Waals surface area contributed by atoms with E-state index in [2.05, 4.69) is 16.3 Å². The minimum Gasteiger partial charge on any atom is -0.350 e. The summed E-state index contributed by atoms with van der Waals surface area (Å²) in [5.41, 5.74) is 3.88. The van der Waals surface area contributed by atoms with Gasteiger partial charge in [-0.05, 0) is 68.1 Å². The van der Waals surface area contributed by atoms with Gasteiger partial charge in [-0.25, -0.2) is 8.42 Å². The Hall–Kier alpha value is -2.38. The molecule has 0 aromatic heterocycles. The van der Waals surface area contributed by atoms with Crippen LogP contribution in [0.15, 0.2) is 48.5 Å². The van der Waals surface area contributed by atoms with Crippen LogP contribution in [0.4, 0.5) is 5.69 Å². The summed E-state index contributed by atoms with van der Waals surface area (Å²) >= 11 is 0. The molecular weight excluding hydrogens is 410 g/mol. The second-order valence-corrected chi connectivity index (χ2v) is 10.1. The standard InChI is InChI=1S/C24H33N3O3S/c1-4-20-11-13-23(14-12-20)27(31(3,29)30)19(2)24(28)25-17-21-9-5-6-10-22(21)18-26-15-7-8-16-26/h5-6,9-14,19H,4,7-8,15-18H2,1-3H3,(H,25,28). The Labute approximate surface area is 186 Å². The molecule has 1 unspecified atom stereocenters. The molecule has 7 heteroatoms. The van der Waals surface area contributed by atoms with Crippen LogP contribution in [0.5, 0.6) is 0 Å². The van der Waals surface area contributed by atoms with Crippen molar-refractivity contribution in [2.45, 2.75) is 52.2 Å². The van der Waals surface area contributed by atoms with Gasteiger partial charge in [-0.15, -0.1) is 0 Å². The molecule has 0 spiro atoms. The maximum Gasteiger partial charge on any atom is 0.243 e. The lowest BCUT2D eigenvalue weighted by molar-refractivity contribution is -0.122. The van der Waals surface area contributed by atoms with Gasteiger partial charge in [0.25, 0.3) is 0 Å². The number of sulfonamides is 1. The van der Waals surface area contributed by atoms with E-state index in [0.717, 1.165) is 43.4 Å². The van der Waals surface area contributed by atoms with Crippen molar-refractivity contribution in [3.8, 4) is 0 Å². The second-order valence-electron chi connectivity index (χ2n) is 8.22. The van der Waals surface area contributed by atoms with Gasteiger partial charge in [0.2, 0.25) is 15.9 Å². The lowest BCUT2D eigenvalue weighted by Gasteiger charge is -2.28. The molecule has 0 aliphatic carbocycles. The van der Waals surface area contributed by atoms with Crippen molar-refractivity contribution in [1.82, 2.24) is 10.2 Å². The summed E-state index contributed by atoms with van der Waals surface area (Å²) in [5, 5.41) is 2.95. The largest absolute Gasteiger partial charge is 0.350 e. The molecule has 1 aliphatic rings. The number of carbonyl (C=O) groups is 1. The average molecular weight is 444 g/mol. The quantitative estimate of drug-likeness (QED) is 0.646. The number of amides is 1. The van der Waals surface area contributed by atoms with Gasteiger partial charge in [-0.3, -0.25) is 14.0 Å². The summed E-state index contributed by atoms with van der Waals surface area (Å²) in [7, 11) is -3.62. The molecule has 1 heterocycles. The van der Waals surface area contributed by atoms with E-state index in [4.69, 9.17) is 0 Å². The average Bonchev–Trinajstić information content (AvgIpc) is 3.25. The van der Waals surface area contributed by atoms with Crippen LogP contribution in [0.1, 0.15) is 43.4 Å². The molecular formula is C24H33N3O3S. The van der Waals surface area contributed by atoms with Gasteiger partial charge in [-0.2, -0.15) is 0 Å². The fourth-order valence-electron chi connectivity index (χ4n) is 4.08. The Kier molecular flexibility index (Phi) is 7.73. The smallest absolute Gasteiger partial charge is 0.243 e. The molecule has 2 aromatic rings. The van der Waals surface area contributed by atoms with Crippen molar-refractivity contribution in [1.29, 1.82) is 0 Å². The van der Waals surface area contributed by atoms with E-state index in [1.54, 1.807) is 19.1 Å². The fraction of sp³-hybridized carbons (Fsp3) is 0.458. The number of anilines is 1. The van der Waals surface area contributed by atoms with Crippen LogP contribution in [-0.4, -0.2) is 44.6 Å². The monoisotopic (exact) mass is 443 g/mol. The van der Waals surface area contributed by atoms with Gasteiger partial charge >= 0.3 is 0 Å². The first kappa shape index (κ1) is 23.3. The zero-order valence-corrected chi connectivity index (χ0v) is 19.5. The molecule has 1 N–H and O–H groups in total. The normalized spacial score (nSPS) is 15.6. The zero-order chi connectivity index (χ0) is 22.4. The van der Waals surface area contributed by atoms with Gasteiger partial charge in [0.15, 0.2) is 0 Å². The van der Waals surface area contributed by atoms with E-state index in [-0.39, 0.29) is 5.91 Å². The Morgan fingerprint density at radius 3 is 2.26 bits per heavy atom. The zero-order valence-electron chi connectivity index (χ0n) is 18.7. The number of aryl methyl sites for hydroxylation is 1. The number of likely N-dealkylation sites (tertiary alicyclic amines) is 1. The van der Waals surface area contributed by atoms with Crippen LogP contribution in [0.25, 0.3) is 0 Å². The van der Waals surface area contributed by atoms with E-state index >= 15 is 0 Å². The first-order chi connectivity index (χ1) is 14.8. The summed E-state index contributed by atoms with van der Waals surface area (Å²) in [6.07, 6.45) is 4.47. The molecule has 1 amide bonds. The highest BCUT2D eigenvalue weighted by Crippen LogP contribution is 2.22. The number of nitrogens with zero attached hydrogens (tertiary/aromatic N) is 2. The van der Waals surface area contributed by atoms with E-state index in [1.807, 2.05) is 37.3 Å². The van der Waals surface area contributed by atoms with E-state index < -0.39 is 16.1 Å². The van der Waals surface area contributed by atoms with Crippen LogP contribution >= 0.6 is 0 Å². The number of carbonyl (C=O) groups excluding carboxylic acids is 1. The van der Waals surface area contributed by atoms with Gasteiger partial charge < -0.3 is 5.32 Å². The molecule has 6 nitrogen and oxygen atoms in total. The molecule has 0 saturated carbocycles. The van der Waals surface area contributed by atoms with E-state index in [0.29, 0.717) is 12.2 Å². The van der Waals surface area contributed by atoms with Crippen molar-refractivity contribution >= 4 is 21.6 Å². The van der Waals surface area contributed by atoms with E-state index in [1.165, 1.54) is 22.7 Å². The number of nitrogens with one attached hydrogen (secondary N) is 1. The molecule has 1 atom stereocenters. The second kappa shape index (κ2) is 10.3. The maximum atomic E-state index is 12.9. The Morgan fingerprint density at radius 2 is 1.68 bits per heavy atom. The Bertz CT molecular complexity index is 983. The van der Waals surface area contributed by atoms with Crippen LogP contribution in [0.2, 0.25) is 0 Å². The van der Waals surface area contributed by atoms with Crippen LogP contribution in [0.3, 0.4) is 0 Å².